The van der Waals surface area contributed by atoms with Gasteiger partial charge in [0.05, 0.1) is 0 Å². The highest BCUT2D eigenvalue weighted by Gasteiger charge is 2.16. The fourth-order valence-electron chi connectivity index (χ4n) is 1.45. The van der Waals surface area contributed by atoms with Crippen molar-refractivity contribution in [3.8, 4) is 0 Å². The third kappa shape index (κ3) is 5.09. The highest BCUT2D eigenvalue weighted by atomic mass is 79.9. The van der Waals surface area contributed by atoms with Crippen LogP contribution in [0.1, 0.15) is 25.8 Å². The molecule has 0 aromatic heterocycles. The van der Waals surface area contributed by atoms with Crippen molar-refractivity contribution in [2.45, 2.75) is 32.2 Å². The van der Waals surface area contributed by atoms with E-state index in [9.17, 15) is 4.79 Å². The van der Waals surface area contributed by atoms with Crippen LogP contribution in [-0.2, 0) is 11.2 Å². The van der Waals surface area contributed by atoms with E-state index in [2.05, 4.69) is 15.9 Å². The first-order chi connectivity index (χ1) is 6.87. The molecule has 0 aliphatic carbocycles. The smallest absolute Gasteiger partial charge is 0.139 e. The van der Waals surface area contributed by atoms with Crippen molar-refractivity contribution < 1.29 is 4.79 Å². The zero-order valence-electron chi connectivity index (χ0n) is 9.09. The molecule has 1 aromatic carbocycles. The maximum absolute atomic E-state index is 11.6. The topological polar surface area (TPSA) is 43.1 Å². The second kappa shape index (κ2) is 4.90. The molecule has 3 heteroatoms. The first-order valence-corrected chi connectivity index (χ1v) is 5.71. The van der Waals surface area contributed by atoms with Crippen LogP contribution in [0.25, 0.3) is 0 Å². The third-order valence-corrected chi connectivity index (χ3v) is 2.44. The molecular weight excluding hydrogens is 254 g/mol. The van der Waals surface area contributed by atoms with Crippen molar-refractivity contribution in [3.05, 3.63) is 34.3 Å². The summed E-state index contributed by atoms with van der Waals surface area (Å²) in [4.78, 5) is 11.6. The summed E-state index contributed by atoms with van der Waals surface area (Å²) in [7, 11) is 0. The molecule has 2 nitrogen and oxygen atoms in total. The molecule has 15 heavy (non-hydrogen) atoms. The van der Waals surface area contributed by atoms with Crippen LogP contribution < -0.4 is 5.73 Å². The van der Waals surface area contributed by atoms with Gasteiger partial charge in [-0.3, -0.25) is 4.79 Å². The largest absolute Gasteiger partial charge is 0.325 e. The lowest BCUT2D eigenvalue weighted by Gasteiger charge is -2.16. The number of carbonyl (C=O) groups is 1. The minimum atomic E-state index is -0.414. The molecule has 0 spiro atoms. The van der Waals surface area contributed by atoms with E-state index < -0.39 is 5.54 Å². The molecular formula is C12H16BrNO. The first-order valence-electron chi connectivity index (χ1n) is 4.92. The Hall–Kier alpha value is -0.670. The van der Waals surface area contributed by atoms with E-state index in [4.69, 9.17) is 5.73 Å². The Bertz CT molecular complexity index is 355. The molecule has 1 aromatic rings. The van der Waals surface area contributed by atoms with E-state index in [1.807, 2.05) is 38.1 Å². The fraction of sp³-hybridized carbons (Fsp3) is 0.417. The number of rotatable bonds is 4. The lowest BCUT2D eigenvalue weighted by Crippen LogP contribution is -2.35. The number of nitrogens with two attached hydrogens (primary N) is 1. The average Bonchev–Trinajstić information content (AvgIpc) is 1.99. The van der Waals surface area contributed by atoms with Crippen LogP contribution in [0.2, 0.25) is 0 Å². The Kier molecular flexibility index (Phi) is 4.05. The molecule has 0 aliphatic rings. The van der Waals surface area contributed by atoms with Gasteiger partial charge in [-0.05, 0) is 31.5 Å². The van der Waals surface area contributed by atoms with Crippen LogP contribution in [0.4, 0.5) is 0 Å². The van der Waals surface area contributed by atoms with Gasteiger partial charge in [0.1, 0.15) is 5.78 Å². The van der Waals surface area contributed by atoms with Gasteiger partial charge < -0.3 is 5.73 Å². The fourth-order valence-corrected chi connectivity index (χ4v) is 1.89. The van der Waals surface area contributed by atoms with Gasteiger partial charge in [0.2, 0.25) is 0 Å². The molecule has 0 atom stereocenters. The van der Waals surface area contributed by atoms with E-state index in [1.165, 1.54) is 0 Å². The summed E-state index contributed by atoms with van der Waals surface area (Å²) in [6, 6.07) is 7.79. The zero-order chi connectivity index (χ0) is 11.5. The maximum Gasteiger partial charge on any atom is 0.139 e. The van der Waals surface area contributed by atoms with Crippen molar-refractivity contribution in [2.75, 3.05) is 0 Å². The molecule has 2 N–H and O–H groups in total. The summed E-state index contributed by atoms with van der Waals surface area (Å²) in [6.45, 7) is 3.73. The number of ketones is 1. The average molecular weight is 270 g/mol. The number of carbonyl (C=O) groups excluding carboxylic acids is 1. The van der Waals surface area contributed by atoms with Gasteiger partial charge in [0, 0.05) is 22.9 Å². The second-order valence-corrected chi connectivity index (χ2v) is 5.43. The molecule has 0 saturated carbocycles. The van der Waals surface area contributed by atoms with E-state index in [0.717, 1.165) is 10.0 Å². The van der Waals surface area contributed by atoms with Gasteiger partial charge >= 0.3 is 0 Å². The van der Waals surface area contributed by atoms with Gasteiger partial charge in [-0.15, -0.1) is 0 Å². The molecule has 82 valence electrons. The molecule has 0 fully saturated rings. The van der Waals surface area contributed by atoms with Crippen molar-refractivity contribution >= 4 is 21.7 Å². The number of benzene rings is 1. The quantitative estimate of drug-likeness (QED) is 0.914. The zero-order valence-corrected chi connectivity index (χ0v) is 10.7. The third-order valence-electron chi connectivity index (χ3n) is 1.94. The minimum Gasteiger partial charge on any atom is -0.325 e. The first kappa shape index (κ1) is 12.4. The summed E-state index contributed by atoms with van der Waals surface area (Å²) in [6.07, 6.45) is 0.875. The highest BCUT2D eigenvalue weighted by molar-refractivity contribution is 9.10. The van der Waals surface area contributed by atoms with E-state index in [0.29, 0.717) is 12.8 Å². The predicted molar refractivity (Wildman–Crippen MR) is 65.7 cm³/mol. The molecule has 0 aliphatic heterocycles. The van der Waals surface area contributed by atoms with Gasteiger partial charge in [-0.1, -0.05) is 28.1 Å². The number of hydrogen-bond acceptors (Lipinski definition) is 2. The van der Waals surface area contributed by atoms with E-state index >= 15 is 0 Å². The summed E-state index contributed by atoms with van der Waals surface area (Å²) >= 11 is 3.38. The Morgan fingerprint density at radius 3 is 2.67 bits per heavy atom. The highest BCUT2D eigenvalue weighted by Crippen LogP contribution is 2.14. The molecule has 0 heterocycles. The molecule has 1 rings (SSSR count). The molecule has 0 saturated heterocycles. The lowest BCUT2D eigenvalue weighted by molar-refractivity contribution is -0.119. The van der Waals surface area contributed by atoms with Gasteiger partial charge in [-0.25, -0.2) is 0 Å². The van der Waals surface area contributed by atoms with Crippen LogP contribution in [-0.4, -0.2) is 11.3 Å². The van der Waals surface area contributed by atoms with E-state index in [-0.39, 0.29) is 5.78 Å². The van der Waals surface area contributed by atoms with Crippen LogP contribution in [0, 0.1) is 0 Å². The molecule has 0 bridgehead atoms. The summed E-state index contributed by atoms with van der Waals surface area (Å²) in [5.41, 5.74) is 6.40. The lowest BCUT2D eigenvalue weighted by atomic mass is 9.96. The Morgan fingerprint density at radius 1 is 1.47 bits per heavy atom. The Balaban J connectivity index is 2.59. The van der Waals surface area contributed by atoms with E-state index in [1.54, 1.807) is 0 Å². The summed E-state index contributed by atoms with van der Waals surface area (Å²) in [5, 5.41) is 0. The monoisotopic (exact) mass is 269 g/mol. The predicted octanol–water partition coefficient (Wildman–Crippen LogP) is 2.69. The SMILES string of the molecule is CC(C)(N)CC(=O)Cc1cccc(Br)c1. The van der Waals surface area contributed by atoms with Gasteiger partial charge in [0.25, 0.3) is 0 Å². The number of Topliss-reactive ketones (excluding diaryl/α,β-unsaturated/α-hetero) is 1. The second-order valence-electron chi connectivity index (χ2n) is 4.51. The Morgan fingerprint density at radius 2 is 2.13 bits per heavy atom. The van der Waals surface area contributed by atoms with Crippen molar-refractivity contribution in [3.63, 3.8) is 0 Å². The van der Waals surface area contributed by atoms with Gasteiger partial charge in [0.15, 0.2) is 0 Å². The minimum absolute atomic E-state index is 0.181. The molecule has 0 amide bonds. The number of hydrogen-bond donors (Lipinski definition) is 1. The molecule has 0 radical (unpaired) electrons. The van der Waals surface area contributed by atoms with Gasteiger partial charge in [-0.2, -0.15) is 0 Å². The Labute approximate surface area is 99.0 Å². The standard InChI is InChI=1S/C12H16BrNO/c1-12(2,14)8-11(15)7-9-4-3-5-10(13)6-9/h3-6H,7-8,14H2,1-2H3. The summed E-state index contributed by atoms with van der Waals surface area (Å²) in [5.74, 6) is 0.181. The van der Waals surface area contributed by atoms with Crippen LogP contribution in [0.15, 0.2) is 28.7 Å². The number of halogens is 1. The summed E-state index contributed by atoms with van der Waals surface area (Å²) < 4.78 is 1.000. The van der Waals surface area contributed by atoms with Crippen molar-refractivity contribution in [2.24, 2.45) is 5.73 Å². The van der Waals surface area contributed by atoms with Crippen molar-refractivity contribution in [1.29, 1.82) is 0 Å². The van der Waals surface area contributed by atoms with Crippen LogP contribution in [0.3, 0.4) is 0 Å². The normalized spacial score (nSPS) is 11.5. The maximum atomic E-state index is 11.6. The van der Waals surface area contributed by atoms with Crippen molar-refractivity contribution in [1.82, 2.24) is 0 Å². The van der Waals surface area contributed by atoms with Crippen LogP contribution in [0.5, 0.6) is 0 Å². The molecule has 0 unspecified atom stereocenters. The van der Waals surface area contributed by atoms with Crippen LogP contribution >= 0.6 is 15.9 Å².